The molecular formula is C13H8BrClOS. The monoisotopic (exact) mass is 326 g/mol. The van der Waals surface area contributed by atoms with Gasteiger partial charge in [0.2, 0.25) is 0 Å². The summed E-state index contributed by atoms with van der Waals surface area (Å²) < 4.78 is 1.01. The van der Waals surface area contributed by atoms with Gasteiger partial charge in [-0.1, -0.05) is 51.4 Å². The third-order valence-electron chi connectivity index (χ3n) is 2.15. The average molecular weight is 328 g/mol. The molecule has 0 aliphatic carbocycles. The fourth-order valence-electron chi connectivity index (χ4n) is 1.38. The molecule has 17 heavy (non-hydrogen) atoms. The molecule has 0 N–H and O–H groups in total. The number of hydrogen-bond acceptors (Lipinski definition) is 2. The van der Waals surface area contributed by atoms with E-state index in [0.29, 0.717) is 10.6 Å². The molecule has 0 heterocycles. The van der Waals surface area contributed by atoms with Crippen LogP contribution in [-0.2, 0) is 0 Å². The highest BCUT2D eigenvalue weighted by Crippen LogP contribution is 2.33. The minimum Gasteiger partial charge on any atom is -0.298 e. The molecule has 0 fully saturated rings. The lowest BCUT2D eigenvalue weighted by atomic mass is 10.2. The molecule has 0 saturated heterocycles. The zero-order chi connectivity index (χ0) is 12.3. The molecule has 0 radical (unpaired) electrons. The van der Waals surface area contributed by atoms with E-state index >= 15 is 0 Å². The van der Waals surface area contributed by atoms with E-state index in [1.165, 1.54) is 11.8 Å². The van der Waals surface area contributed by atoms with Crippen LogP contribution in [0.2, 0.25) is 5.02 Å². The van der Waals surface area contributed by atoms with Crippen LogP contribution < -0.4 is 0 Å². The van der Waals surface area contributed by atoms with E-state index in [0.717, 1.165) is 20.5 Å². The Kier molecular flexibility index (Phi) is 4.26. The lowest BCUT2D eigenvalue weighted by molar-refractivity contribution is 0.112. The molecule has 2 aromatic rings. The highest BCUT2D eigenvalue weighted by atomic mass is 79.9. The fraction of sp³-hybridized carbons (Fsp3) is 0. The number of carbonyl (C=O) groups is 1. The van der Waals surface area contributed by atoms with Crippen molar-refractivity contribution in [2.75, 3.05) is 0 Å². The smallest absolute Gasteiger partial charge is 0.152 e. The van der Waals surface area contributed by atoms with Crippen LogP contribution in [0.15, 0.2) is 56.7 Å². The predicted octanol–water partition coefficient (Wildman–Crippen LogP) is 5.07. The van der Waals surface area contributed by atoms with Crippen LogP contribution >= 0.6 is 39.3 Å². The van der Waals surface area contributed by atoms with Gasteiger partial charge >= 0.3 is 0 Å². The van der Waals surface area contributed by atoms with Gasteiger partial charge in [-0.2, -0.15) is 0 Å². The van der Waals surface area contributed by atoms with Gasteiger partial charge in [0, 0.05) is 19.8 Å². The third kappa shape index (κ3) is 3.12. The lowest BCUT2D eigenvalue weighted by Gasteiger charge is -2.06. The normalized spacial score (nSPS) is 10.2. The summed E-state index contributed by atoms with van der Waals surface area (Å²) in [5.41, 5.74) is 0.541. The molecule has 0 aromatic heterocycles. The Morgan fingerprint density at radius 2 is 1.94 bits per heavy atom. The maximum Gasteiger partial charge on any atom is 0.152 e. The van der Waals surface area contributed by atoms with Crippen molar-refractivity contribution in [3.63, 3.8) is 0 Å². The van der Waals surface area contributed by atoms with Crippen LogP contribution in [-0.4, -0.2) is 6.29 Å². The summed E-state index contributed by atoms with van der Waals surface area (Å²) in [6, 6.07) is 13.4. The molecule has 4 heteroatoms. The lowest BCUT2D eigenvalue weighted by Crippen LogP contribution is -1.86. The zero-order valence-electron chi connectivity index (χ0n) is 8.69. The summed E-state index contributed by atoms with van der Waals surface area (Å²) in [7, 11) is 0. The van der Waals surface area contributed by atoms with Crippen molar-refractivity contribution >= 4 is 45.6 Å². The van der Waals surface area contributed by atoms with E-state index in [1.54, 1.807) is 6.07 Å². The van der Waals surface area contributed by atoms with Gasteiger partial charge in [-0.3, -0.25) is 4.79 Å². The van der Waals surface area contributed by atoms with E-state index in [2.05, 4.69) is 15.9 Å². The van der Waals surface area contributed by atoms with E-state index in [9.17, 15) is 4.79 Å². The Balaban J connectivity index is 2.36. The first-order valence-corrected chi connectivity index (χ1v) is 6.86. The number of aldehydes is 1. The van der Waals surface area contributed by atoms with Gasteiger partial charge in [0.05, 0.1) is 5.02 Å². The van der Waals surface area contributed by atoms with Crippen molar-refractivity contribution in [1.82, 2.24) is 0 Å². The Bertz CT molecular complexity index is 557. The minimum atomic E-state index is 0.486. The molecule has 0 atom stereocenters. The first-order valence-electron chi connectivity index (χ1n) is 4.88. The van der Waals surface area contributed by atoms with Crippen LogP contribution in [0.4, 0.5) is 0 Å². The van der Waals surface area contributed by atoms with E-state index in [1.807, 2.05) is 36.4 Å². The molecule has 0 spiro atoms. The van der Waals surface area contributed by atoms with Gasteiger partial charge in [0.15, 0.2) is 6.29 Å². The number of rotatable bonds is 3. The number of hydrogen-bond donors (Lipinski definition) is 0. The highest BCUT2D eigenvalue weighted by molar-refractivity contribution is 9.10. The van der Waals surface area contributed by atoms with Crippen LogP contribution in [0.25, 0.3) is 0 Å². The van der Waals surface area contributed by atoms with E-state index < -0.39 is 0 Å². The Labute approximate surface area is 117 Å². The first-order chi connectivity index (χ1) is 8.20. The van der Waals surface area contributed by atoms with Gasteiger partial charge in [-0.05, 0) is 30.3 Å². The van der Waals surface area contributed by atoms with Crippen molar-refractivity contribution in [2.24, 2.45) is 0 Å². The van der Waals surface area contributed by atoms with Crippen LogP contribution in [0.5, 0.6) is 0 Å². The van der Waals surface area contributed by atoms with Gasteiger partial charge in [-0.25, -0.2) is 0 Å². The molecule has 0 aliphatic rings. The van der Waals surface area contributed by atoms with E-state index in [4.69, 9.17) is 11.6 Å². The molecule has 0 bridgehead atoms. The Morgan fingerprint density at radius 3 is 2.65 bits per heavy atom. The molecule has 2 aromatic carbocycles. The largest absolute Gasteiger partial charge is 0.298 e. The molecule has 0 saturated carbocycles. The second kappa shape index (κ2) is 5.71. The van der Waals surface area contributed by atoms with Crippen LogP contribution in [0.1, 0.15) is 10.4 Å². The third-order valence-corrected chi connectivity index (χ3v) is 4.04. The molecular weight excluding hydrogens is 320 g/mol. The quantitative estimate of drug-likeness (QED) is 0.732. The Morgan fingerprint density at radius 1 is 1.18 bits per heavy atom. The van der Waals surface area contributed by atoms with Gasteiger partial charge in [0.1, 0.15) is 0 Å². The number of halogens is 2. The minimum absolute atomic E-state index is 0.486. The summed E-state index contributed by atoms with van der Waals surface area (Å²) in [4.78, 5) is 12.9. The molecule has 0 aliphatic heterocycles. The summed E-state index contributed by atoms with van der Waals surface area (Å²) in [5, 5.41) is 0.486. The Hall–Kier alpha value is -0.770. The number of benzene rings is 2. The molecule has 0 unspecified atom stereocenters. The van der Waals surface area contributed by atoms with Crippen molar-refractivity contribution in [3.05, 3.63) is 57.5 Å². The first kappa shape index (κ1) is 12.7. The summed E-state index contributed by atoms with van der Waals surface area (Å²) in [5.74, 6) is 0. The average Bonchev–Trinajstić information content (AvgIpc) is 2.29. The van der Waals surface area contributed by atoms with Gasteiger partial charge in [0.25, 0.3) is 0 Å². The zero-order valence-corrected chi connectivity index (χ0v) is 11.8. The maximum atomic E-state index is 11.0. The fourth-order valence-corrected chi connectivity index (χ4v) is 3.21. The number of carbonyl (C=O) groups excluding carboxylic acids is 1. The standard InChI is InChI=1S/C13H8BrClOS/c14-9-3-1-4-10(7-9)17-13-6-2-5-12(15)11(13)8-16/h1-8H. The molecule has 1 nitrogen and oxygen atoms in total. The van der Waals surface area contributed by atoms with Crippen molar-refractivity contribution < 1.29 is 4.79 Å². The molecule has 0 amide bonds. The van der Waals surface area contributed by atoms with E-state index in [-0.39, 0.29) is 0 Å². The highest BCUT2D eigenvalue weighted by Gasteiger charge is 2.07. The molecule has 2 rings (SSSR count). The van der Waals surface area contributed by atoms with Crippen LogP contribution in [0, 0.1) is 0 Å². The van der Waals surface area contributed by atoms with Gasteiger partial charge < -0.3 is 0 Å². The maximum absolute atomic E-state index is 11.0. The van der Waals surface area contributed by atoms with Gasteiger partial charge in [-0.15, -0.1) is 0 Å². The predicted molar refractivity (Wildman–Crippen MR) is 75.1 cm³/mol. The topological polar surface area (TPSA) is 17.1 Å². The molecule has 86 valence electrons. The second-order valence-corrected chi connectivity index (χ2v) is 5.77. The van der Waals surface area contributed by atoms with Crippen molar-refractivity contribution in [3.8, 4) is 0 Å². The summed E-state index contributed by atoms with van der Waals surface area (Å²) in [6.45, 7) is 0. The SMILES string of the molecule is O=Cc1c(Cl)cccc1Sc1cccc(Br)c1. The second-order valence-electron chi connectivity index (χ2n) is 3.33. The van der Waals surface area contributed by atoms with Crippen LogP contribution in [0.3, 0.4) is 0 Å². The summed E-state index contributed by atoms with van der Waals surface area (Å²) >= 11 is 10.9. The summed E-state index contributed by atoms with van der Waals surface area (Å²) in [6.07, 6.45) is 0.794. The van der Waals surface area contributed by atoms with Crippen molar-refractivity contribution in [1.29, 1.82) is 0 Å². The van der Waals surface area contributed by atoms with Crippen molar-refractivity contribution in [2.45, 2.75) is 9.79 Å².